The molecule has 1 amide bonds. The van der Waals surface area contributed by atoms with E-state index in [4.69, 9.17) is 21.8 Å². The average Bonchev–Trinajstić information content (AvgIpc) is 2.50. The molecule has 0 bridgehead atoms. The van der Waals surface area contributed by atoms with Gasteiger partial charge in [-0.3, -0.25) is 0 Å². The first-order valence-corrected chi connectivity index (χ1v) is 22.4. The minimum Gasteiger partial charge on any atom is -0.459 e. The molecule has 0 saturated heterocycles. The number of hydrogen-bond acceptors (Lipinski definition) is 7. The molecule has 0 rings (SSSR count). The van der Waals surface area contributed by atoms with Crippen LogP contribution in [0.2, 0.25) is 65.0 Å². The average molecular weight is 496 g/mol. The SMILES string of the molecule is C=CC(=O)OCCOC(=O)NCCC[Si](O[Si](C)(C)C)(O[Si](C)(C)C)O[Si](C)(C)C. The summed E-state index contributed by atoms with van der Waals surface area (Å²) in [6, 6.07) is 0.642. The maximum atomic E-state index is 11.8. The minimum atomic E-state index is -2.90. The highest BCUT2D eigenvalue weighted by Gasteiger charge is 2.49. The zero-order valence-electron chi connectivity index (χ0n) is 20.2. The number of ether oxygens (including phenoxy) is 2. The molecule has 0 aliphatic heterocycles. The van der Waals surface area contributed by atoms with Crippen LogP contribution in [0.3, 0.4) is 0 Å². The number of nitrogens with one attached hydrogen (secondary N) is 1. The van der Waals surface area contributed by atoms with Gasteiger partial charge in [0.2, 0.25) is 0 Å². The Labute approximate surface area is 186 Å². The van der Waals surface area contributed by atoms with Crippen LogP contribution in [0.5, 0.6) is 0 Å². The maximum absolute atomic E-state index is 11.8. The van der Waals surface area contributed by atoms with Gasteiger partial charge in [-0.1, -0.05) is 6.58 Å². The molecule has 0 aromatic heterocycles. The quantitative estimate of drug-likeness (QED) is 0.166. The molecule has 0 saturated carbocycles. The maximum Gasteiger partial charge on any atom is 0.469 e. The largest absolute Gasteiger partial charge is 0.469 e. The summed E-state index contributed by atoms with van der Waals surface area (Å²) in [5.74, 6) is -0.549. The highest BCUT2D eigenvalue weighted by atomic mass is 28.5. The fourth-order valence-electron chi connectivity index (χ4n) is 2.50. The number of amides is 1. The van der Waals surface area contributed by atoms with Gasteiger partial charge in [0, 0.05) is 18.7 Å². The van der Waals surface area contributed by atoms with Gasteiger partial charge in [-0.05, 0) is 65.3 Å². The molecular weight excluding hydrogens is 455 g/mol. The van der Waals surface area contributed by atoms with Gasteiger partial charge >= 0.3 is 20.9 Å². The van der Waals surface area contributed by atoms with Crippen LogP contribution in [0.1, 0.15) is 6.42 Å². The lowest BCUT2D eigenvalue weighted by atomic mass is 10.5. The Morgan fingerprint density at radius 3 is 1.63 bits per heavy atom. The first-order chi connectivity index (χ1) is 13.5. The summed E-state index contributed by atoms with van der Waals surface area (Å²) in [6.07, 6.45) is 1.16. The van der Waals surface area contributed by atoms with Crippen molar-refractivity contribution in [1.29, 1.82) is 0 Å². The molecule has 0 aliphatic carbocycles. The fourth-order valence-corrected chi connectivity index (χ4v) is 17.2. The van der Waals surface area contributed by atoms with Crippen molar-refractivity contribution in [3.05, 3.63) is 12.7 Å². The topological polar surface area (TPSA) is 92.3 Å². The number of carbonyl (C=O) groups excluding carboxylic acids is 2. The molecule has 0 spiro atoms. The van der Waals surface area contributed by atoms with Gasteiger partial charge in [-0.2, -0.15) is 0 Å². The lowest BCUT2D eigenvalue weighted by molar-refractivity contribution is -0.138. The molecule has 0 radical (unpaired) electrons. The standard InChI is InChI=1S/C18H41NO7Si4/c1-11-17(20)22-14-15-23-18(21)19-13-12-16-30(24-27(2,3)4,25-28(5,6)7)26-29(8,9)10/h11H,1,12-16H2,2-10H3,(H,19,21). The molecule has 0 aliphatic rings. The lowest BCUT2D eigenvalue weighted by Gasteiger charge is -2.42. The molecule has 8 nitrogen and oxygen atoms in total. The van der Waals surface area contributed by atoms with Crippen LogP contribution in [0.25, 0.3) is 0 Å². The zero-order valence-corrected chi connectivity index (χ0v) is 24.2. The number of hydrogen-bond donors (Lipinski definition) is 1. The summed E-state index contributed by atoms with van der Waals surface area (Å²) in [5.41, 5.74) is 0. The first kappa shape index (κ1) is 29.2. The lowest BCUT2D eigenvalue weighted by Crippen LogP contribution is -2.60. The predicted octanol–water partition coefficient (Wildman–Crippen LogP) is 4.33. The van der Waals surface area contributed by atoms with E-state index < -0.39 is 45.8 Å². The van der Waals surface area contributed by atoms with E-state index in [2.05, 4.69) is 70.8 Å². The van der Waals surface area contributed by atoms with Crippen molar-refractivity contribution in [2.24, 2.45) is 0 Å². The van der Waals surface area contributed by atoms with Gasteiger partial charge < -0.3 is 27.1 Å². The smallest absolute Gasteiger partial charge is 0.459 e. The second kappa shape index (κ2) is 12.3. The summed E-state index contributed by atoms with van der Waals surface area (Å²) in [5, 5.41) is 2.71. The highest BCUT2D eigenvalue weighted by Crippen LogP contribution is 2.29. The van der Waals surface area contributed by atoms with Crippen molar-refractivity contribution >= 4 is 45.8 Å². The van der Waals surface area contributed by atoms with E-state index >= 15 is 0 Å². The fraction of sp³-hybridized carbons (Fsp3) is 0.778. The van der Waals surface area contributed by atoms with E-state index in [1.807, 2.05) is 0 Å². The van der Waals surface area contributed by atoms with Crippen LogP contribution in [-0.2, 0) is 26.6 Å². The molecule has 0 atom stereocenters. The highest BCUT2D eigenvalue weighted by molar-refractivity contribution is 6.90. The summed E-state index contributed by atoms with van der Waals surface area (Å²) in [4.78, 5) is 22.8. The second-order valence-corrected chi connectivity index (χ2v) is 26.9. The molecule has 0 heterocycles. The predicted molar refractivity (Wildman–Crippen MR) is 129 cm³/mol. The van der Waals surface area contributed by atoms with Crippen molar-refractivity contribution in [3.8, 4) is 0 Å². The van der Waals surface area contributed by atoms with Crippen LogP contribution in [0, 0.1) is 0 Å². The van der Waals surface area contributed by atoms with Gasteiger partial charge in [-0.25, -0.2) is 9.59 Å². The first-order valence-electron chi connectivity index (χ1n) is 10.3. The Bertz CT molecular complexity index is 528. The Morgan fingerprint density at radius 2 is 1.23 bits per heavy atom. The van der Waals surface area contributed by atoms with Gasteiger partial charge in [0.15, 0.2) is 25.0 Å². The van der Waals surface area contributed by atoms with Crippen molar-refractivity contribution in [1.82, 2.24) is 5.32 Å². The second-order valence-electron chi connectivity index (χ2n) is 9.86. The van der Waals surface area contributed by atoms with Crippen LogP contribution in [0.15, 0.2) is 12.7 Å². The van der Waals surface area contributed by atoms with Crippen molar-refractivity contribution < 1.29 is 31.4 Å². The number of alkyl carbamates (subject to hydrolysis) is 1. The number of rotatable bonds is 14. The summed E-state index contributed by atoms with van der Waals surface area (Å²) >= 11 is 0. The third-order valence-electron chi connectivity index (χ3n) is 3.04. The molecule has 1 N–H and O–H groups in total. The third kappa shape index (κ3) is 16.0. The van der Waals surface area contributed by atoms with E-state index in [0.717, 1.165) is 6.08 Å². The summed E-state index contributed by atoms with van der Waals surface area (Å²) in [6.45, 7) is 23.0. The molecule has 0 aromatic rings. The summed E-state index contributed by atoms with van der Waals surface area (Å²) in [7, 11) is -8.63. The van der Waals surface area contributed by atoms with Gasteiger partial charge in [-0.15, -0.1) is 0 Å². The molecule has 0 aromatic carbocycles. The van der Waals surface area contributed by atoms with E-state index in [0.29, 0.717) is 19.0 Å². The van der Waals surface area contributed by atoms with Gasteiger partial charge in [0.25, 0.3) is 0 Å². The van der Waals surface area contributed by atoms with Crippen molar-refractivity contribution in [2.75, 3.05) is 19.8 Å². The van der Waals surface area contributed by atoms with Crippen LogP contribution in [0.4, 0.5) is 4.79 Å². The summed E-state index contributed by atoms with van der Waals surface area (Å²) < 4.78 is 29.5. The molecule has 176 valence electrons. The van der Waals surface area contributed by atoms with E-state index in [-0.39, 0.29) is 13.2 Å². The molecule has 12 heteroatoms. The van der Waals surface area contributed by atoms with E-state index in [1.54, 1.807) is 0 Å². The van der Waals surface area contributed by atoms with E-state index in [1.165, 1.54) is 0 Å². The molecular formula is C18H41NO7Si4. The van der Waals surface area contributed by atoms with Gasteiger partial charge in [0.1, 0.15) is 13.2 Å². The Balaban J connectivity index is 4.85. The number of carbonyl (C=O) groups is 2. The zero-order chi connectivity index (χ0) is 23.6. The monoisotopic (exact) mass is 495 g/mol. The van der Waals surface area contributed by atoms with Crippen molar-refractivity contribution in [3.63, 3.8) is 0 Å². The van der Waals surface area contributed by atoms with E-state index in [9.17, 15) is 9.59 Å². The van der Waals surface area contributed by atoms with Gasteiger partial charge in [0.05, 0.1) is 0 Å². The van der Waals surface area contributed by atoms with Crippen LogP contribution < -0.4 is 5.32 Å². The minimum absolute atomic E-state index is 0.00749. The van der Waals surface area contributed by atoms with Crippen LogP contribution in [-0.4, -0.2) is 65.6 Å². The molecule has 0 fully saturated rings. The number of esters is 1. The Morgan fingerprint density at radius 1 is 0.800 bits per heavy atom. The van der Waals surface area contributed by atoms with Crippen LogP contribution >= 0.6 is 0 Å². The van der Waals surface area contributed by atoms with Crippen molar-refractivity contribution in [2.45, 2.75) is 71.4 Å². The molecule has 0 unspecified atom stereocenters. The third-order valence-corrected chi connectivity index (χ3v) is 15.1. The normalized spacial score (nSPS) is 13.0. The molecule has 30 heavy (non-hydrogen) atoms. The Kier molecular flexibility index (Phi) is 12.0. The Hall–Kier alpha value is -0.772.